The summed E-state index contributed by atoms with van der Waals surface area (Å²) in [7, 11) is 0. The van der Waals surface area contributed by atoms with E-state index < -0.39 is 0 Å². The summed E-state index contributed by atoms with van der Waals surface area (Å²) in [5, 5.41) is 3.52. The molecule has 2 nitrogen and oxygen atoms in total. The van der Waals surface area contributed by atoms with Crippen LogP contribution in [0.15, 0.2) is 48.5 Å². The van der Waals surface area contributed by atoms with Gasteiger partial charge in [-0.2, -0.15) is 0 Å². The summed E-state index contributed by atoms with van der Waals surface area (Å²) in [6.45, 7) is 2.99. The fourth-order valence-corrected chi connectivity index (χ4v) is 3.01. The number of likely N-dealkylation sites (N-methyl/N-ethyl adjacent to an activating group) is 1. The van der Waals surface area contributed by atoms with E-state index in [1.54, 1.807) is 12.1 Å². The van der Waals surface area contributed by atoms with Crippen molar-refractivity contribution in [3.63, 3.8) is 0 Å². The molecular weight excluding hydrogens is 265 g/mol. The minimum absolute atomic E-state index is 0.0744. The largest absolute Gasteiger partial charge is 0.488 e. The van der Waals surface area contributed by atoms with Crippen LogP contribution in [0.25, 0.3) is 0 Å². The van der Waals surface area contributed by atoms with E-state index in [0.29, 0.717) is 0 Å². The molecule has 0 amide bonds. The van der Waals surface area contributed by atoms with Crippen LogP contribution in [0.2, 0.25) is 0 Å². The van der Waals surface area contributed by atoms with Gasteiger partial charge in [-0.15, -0.1) is 0 Å². The maximum Gasteiger partial charge on any atom is 0.123 e. The first-order valence-electron chi connectivity index (χ1n) is 7.51. The molecule has 0 bridgehead atoms. The Labute approximate surface area is 125 Å². The molecule has 1 aliphatic carbocycles. The highest BCUT2D eigenvalue weighted by molar-refractivity contribution is 5.34. The van der Waals surface area contributed by atoms with Crippen LogP contribution in [0.4, 0.5) is 4.39 Å². The first-order chi connectivity index (χ1) is 10.3. The highest BCUT2D eigenvalue weighted by Gasteiger charge is 2.30. The Hall–Kier alpha value is -1.87. The van der Waals surface area contributed by atoms with Crippen molar-refractivity contribution in [1.29, 1.82) is 0 Å². The zero-order valence-corrected chi connectivity index (χ0v) is 12.2. The van der Waals surface area contributed by atoms with Crippen LogP contribution in [0.1, 0.15) is 30.5 Å². The van der Waals surface area contributed by atoms with Crippen LogP contribution >= 0.6 is 0 Å². The van der Waals surface area contributed by atoms with E-state index in [2.05, 4.69) is 36.5 Å². The maximum atomic E-state index is 13.0. The molecule has 0 saturated heterocycles. The normalized spacial score (nSPS) is 20.9. The van der Waals surface area contributed by atoms with Crippen molar-refractivity contribution in [3.8, 4) is 5.75 Å². The van der Waals surface area contributed by atoms with Crippen molar-refractivity contribution in [3.05, 3.63) is 65.5 Å². The Bertz CT molecular complexity index is 596. The number of rotatable bonds is 4. The van der Waals surface area contributed by atoms with Crippen LogP contribution in [-0.2, 0) is 6.42 Å². The summed E-state index contributed by atoms with van der Waals surface area (Å²) in [6.07, 6.45) is 2.06. The molecule has 0 radical (unpaired) electrons. The fraction of sp³-hybridized carbons (Fsp3) is 0.333. The molecule has 2 aromatic carbocycles. The van der Waals surface area contributed by atoms with Crippen molar-refractivity contribution in [1.82, 2.24) is 5.32 Å². The zero-order chi connectivity index (χ0) is 14.7. The standard InChI is InChI=1S/C18H20FNO/c1-2-20-18-16-6-4-3-5-13(16)7-12-17(18)21-15-10-8-14(19)9-11-15/h3-6,8-11,17-18,20H,2,7,12H2,1H3. The molecule has 0 fully saturated rings. The van der Waals surface area contributed by atoms with Gasteiger partial charge >= 0.3 is 0 Å². The molecule has 0 aliphatic heterocycles. The SMILES string of the molecule is CCNC1c2ccccc2CCC1Oc1ccc(F)cc1. The highest BCUT2D eigenvalue weighted by atomic mass is 19.1. The van der Waals surface area contributed by atoms with E-state index in [-0.39, 0.29) is 18.0 Å². The van der Waals surface area contributed by atoms with Gasteiger partial charge in [-0.1, -0.05) is 31.2 Å². The lowest BCUT2D eigenvalue weighted by Gasteiger charge is -2.34. The number of halogens is 1. The van der Waals surface area contributed by atoms with Crippen molar-refractivity contribution in [2.75, 3.05) is 6.54 Å². The number of ether oxygens (including phenoxy) is 1. The molecular formula is C18H20FNO. The second-order valence-electron chi connectivity index (χ2n) is 5.38. The molecule has 2 atom stereocenters. The molecule has 0 aromatic heterocycles. The first-order valence-corrected chi connectivity index (χ1v) is 7.51. The first kappa shape index (κ1) is 14.1. The number of fused-ring (bicyclic) bond motifs is 1. The predicted molar refractivity (Wildman–Crippen MR) is 82.0 cm³/mol. The molecule has 3 rings (SSSR count). The quantitative estimate of drug-likeness (QED) is 0.920. The summed E-state index contributed by atoms with van der Waals surface area (Å²) in [6, 6.07) is 15.0. The molecule has 1 aliphatic rings. The summed E-state index contributed by atoms with van der Waals surface area (Å²) < 4.78 is 19.1. The van der Waals surface area contributed by atoms with Crippen LogP contribution in [0, 0.1) is 5.82 Å². The monoisotopic (exact) mass is 285 g/mol. The van der Waals surface area contributed by atoms with Gasteiger partial charge in [0.2, 0.25) is 0 Å². The molecule has 21 heavy (non-hydrogen) atoms. The Kier molecular flexibility index (Phi) is 4.20. The lowest BCUT2D eigenvalue weighted by Crippen LogP contribution is -2.39. The number of aryl methyl sites for hydroxylation is 1. The van der Waals surface area contributed by atoms with Crippen LogP contribution in [0.3, 0.4) is 0 Å². The third-order valence-electron chi connectivity index (χ3n) is 3.99. The molecule has 110 valence electrons. The van der Waals surface area contributed by atoms with Crippen LogP contribution in [0.5, 0.6) is 5.75 Å². The lowest BCUT2D eigenvalue weighted by molar-refractivity contribution is 0.136. The number of hydrogen-bond donors (Lipinski definition) is 1. The van der Waals surface area contributed by atoms with E-state index in [4.69, 9.17) is 4.74 Å². The lowest BCUT2D eigenvalue weighted by atomic mass is 9.85. The summed E-state index contributed by atoms with van der Waals surface area (Å²) in [4.78, 5) is 0. The summed E-state index contributed by atoms with van der Waals surface area (Å²) >= 11 is 0. The average Bonchev–Trinajstić information content (AvgIpc) is 2.52. The third kappa shape index (κ3) is 3.08. The topological polar surface area (TPSA) is 21.3 Å². The Balaban J connectivity index is 1.83. The molecule has 0 spiro atoms. The van der Waals surface area contributed by atoms with Crippen molar-refractivity contribution >= 4 is 0 Å². The smallest absolute Gasteiger partial charge is 0.123 e. The maximum absolute atomic E-state index is 13.0. The van der Waals surface area contributed by atoms with Crippen molar-refractivity contribution in [2.45, 2.75) is 31.9 Å². The minimum Gasteiger partial charge on any atom is -0.488 e. The third-order valence-corrected chi connectivity index (χ3v) is 3.99. The fourth-order valence-electron chi connectivity index (χ4n) is 3.01. The van der Waals surface area contributed by atoms with Gasteiger partial charge in [-0.05, 0) is 54.8 Å². The van der Waals surface area contributed by atoms with Gasteiger partial charge in [0, 0.05) is 0 Å². The Morgan fingerprint density at radius 3 is 2.67 bits per heavy atom. The number of nitrogens with one attached hydrogen (secondary N) is 1. The molecule has 2 unspecified atom stereocenters. The summed E-state index contributed by atoms with van der Waals surface area (Å²) in [5.41, 5.74) is 2.71. The van der Waals surface area contributed by atoms with Crippen molar-refractivity contribution < 1.29 is 9.13 Å². The minimum atomic E-state index is -0.237. The van der Waals surface area contributed by atoms with E-state index >= 15 is 0 Å². The molecule has 0 heterocycles. The van der Waals surface area contributed by atoms with Crippen molar-refractivity contribution in [2.24, 2.45) is 0 Å². The van der Waals surface area contributed by atoms with E-state index in [9.17, 15) is 4.39 Å². The molecule has 0 saturated carbocycles. The van der Waals surface area contributed by atoms with Gasteiger partial charge in [0.25, 0.3) is 0 Å². The zero-order valence-electron chi connectivity index (χ0n) is 12.2. The van der Waals surface area contributed by atoms with Gasteiger partial charge < -0.3 is 10.1 Å². The highest BCUT2D eigenvalue weighted by Crippen LogP contribution is 2.32. The molecule has 3 heteroatoms. The van der Waals surface area contributed by atoms with E-state index in [0.717, 1.165) is 25.1 Å². The average molecular weight is 285 g/mol. The Morgan fingerprint density at radius 1 is 1.14 bits per heavy atom. The van der Waals surface area contributed by atoms with Crippen LogP contribution in [-0.4, -0.2) is 12.6 Å². The second kappa shape index (κ2) is 6.27. The van der Waals surface area contributed by atoms with E-state index in [1.807, 2.05) is 0 Å². The second-order valence-corrected chi connectivity index (χ2v) is 5.38. The van der Waals surface area contributed by atoms with Gasteiger partial charge in [0.1, 0.15) is 17.7 Å². The van der Waals surface area contributed by atoms with Crippen LogP contribution < -0.4 is 10.1 Å². The Morgan fingerprint density at radius 2 is 1.90 bits per heavy atom. The predicted octanol–water partition coefficient (Wildman–Crippen LogP) is 3.87. The van der Waals surface area contributed by atoms with Gasteiger partial charge in [-0.3, -0.25) is 0 Å². The molecule has 2 aromatic rings. The molecule has 1 N–H and O–H groups in total. The van der Waals surface area contributed by atoms with Gasteiger partial charge in [0.05, 0.1) is 6.04 Å². The summed E-state index contributed by atoms with van der Waals surface area (Å²) in [5.74, 6) is 0.489. The van der Waals surface area contributed by atoms with Gasteiger partial charge in [0.15, 0.2) is 0 Å². The number of benzene rings is 2. The van der Waals surface area contributed by atoms with E-state index in [1.165, 1.54) is 23.3 Å². The van der Waals surface area contributed by atoms with Gasteiger partial charge in [-0.25, -0.2) is 4.39 Å². The number of hydrogen-bond acceptors (Lipinski definition) is 2.